The average Bonchev–Trinajstić information content (AvgIpc) is 2.78. The van der Waals surface area contributed by atoms with E-state index in [0.717, 1.165) is 56.7 Å². The van der Waals surface area contributed by atoms with E-state index < -0.39 is 0 Å². The maximum absolute atomic E-state index is 13.0. The largest absolute Gasteiger partial charge is 0.369 e. The number of aryl methyl sites for hydroxylation is 1. The van der Waals surface area contributed by atoms with Crippen molar-refractivity contribution >= 4 is 17.4 Å². The zero-order valence-corrected chi connectivity index (χ0v) is 18.0. The zero-order chi connectivity index (χ0) is 21.1. The molecule has 0 spiro atoms. The van der Waals surface area contributed by atoms with Crippen molar-refractivity contribution in [2.45, 2.75) is 32.2 Å². The number of benzene rings is 2. The summed E-state index contributed by atoms with van der Waals surface area (Å²) in [5.74, 6) is 0.297. The first kappa shape index (κ1) is 20.6. The van der Waals surface area contributed by atoms with Gasteiger partial charge in [-0.3, -0.25) is 14.5 Å². The third-order valence-electron chi connectivity index (χ3n) is 6.57. The lowest BCUT2D eigenvalue weighted by atomic mass is 9.87. The van der Waals surface area contributed by atoms with Crippen LogP contribution in [0.15, 0.2) is 48.5 Å². The normalized spacial score (nSPS) is 19.3. The summed E-state index contributed by atoms with van der Waals surface area (Å²) < 4.78 is 0. The number of ketones is 1. The molecule has 30 heavy (non-hydrogen) atoms. The highest BCUT2D eigenvalue weighted by Gasteiger charge is 2.28. The number of piperazine rings is 1. The van der Waals surface area contributed by atoms with E-state index in [2.05, 4.69) is 34.1 Å². The fraction of sp³-hybridized carbons (Fsp3) is 0.440. The molecule has 2 aromatic rings. The average molecular weight is 406 g/mol. The molecule has 4 rings (SSSR count). The van der Waals surface area contributed by atoms with E-state index in [0.29, 0.717) is 6.54 Å². The Balaban J connectivity index is 1.32. The summed E-state index contributed by atoms with van der Waals surface area (Å²) in [5.41, 5.74) is 4.59. The van der Waals surface area contributed by atoms with Gasteiger partial charge in [0.2, 0.25) is 5.91 Å². The van der Waals surface area contributed by atoms with Crippen LogP contribution in [0.2, 0.25) is 0 Å². The summed E-state index contributed by atoms with van der Waals surface area (Å²) in [6.07, 6.45) is 3.30. The van der Waals surface area contributed by atoms with Gasteiger partial charge in [-0.15, -0.1) is 0 Å². The Morgan fingerprint density at radius 1 is 1.00 bits per heavy atom. The van der Waals surface area contributed by atoms with E-state index in [9.17, 15) is 9.59 Å². The van der Waals surface area contributed by atoms with Crippen molar-refractivity contribution in [2.75, 3.05) is 44.7 Å². The second-order valence-corrected chi connectivity index (χ2v) is 8.48. The lowest BCUT2D eigenvalue weighted by molar-refractivity contribution is -0.133. The van der Waals surface area contributed by atoms with E-state index in [1.807, 2.05) is 36.2 Å². The first-order valence-electron chi connectivity index (χ1n) is 10.9. The summed E-state index contributed by atoms with van der Waals surface area (Å²) in [5, 5.41) is 0. The van der Waals surface area contributed by atoms with Crippen LogP contribution in [0.4, 0.5) is 5.69 Å². The standard InChI is InChI=1S/C25H31N3O2/c1-19(29)20-10-12-22(13-11-20)28-16-14-27(15-17-28)18-25(30)26(2)24-9-5-7-21-6-3-4-8-23(21)24/h3-4,6,8,10-13,24H,5,7,9,14-18H2,1-2H3. The quantitative estimate of drug-likeness (QED) is 0.714. The molecule has 0 N–H and O–H groups in total. The number of carbonyl (C=O) groups excluding carboxylic acids is 2. The maximum Gasteiger partial charge on any atom is 0.237 e. The minimum atomic E-state index is 0.0922. The van der Waals surface area contributed by atoms with Crippen LogP contribution in [0.25, 0.3) is 0 Å². The highest BCUT2D eigenvalue weighted by molar-refractivity contribution is 5.94. The summed E-state index contributed by atoms with van der Waals surface area (Å²) in [6.45, 7) is 5.59. The Bertz CT molecular complexity index is 901. The van der Waals surface area contributed by atoms with Crippen molar-refractivity contribution < 1.29 is 9.59 Å². The Labute approximate surface area is 179 Å². The molecule has 0 radical (unpaired) electrons. The lowest BCUT2D eigenvalue weighted by Crippen LogP contribution is -2.50. The molecule has 1 amide bonds. The van der Waals surface area contributed by atoms with Crippen molar-refractivity contribution in [1.29, 1.82) is 0 Å². The lowest BCUT2D eigenvalue weighted by Gasteiger charge is -2.38. The number of carbonyl (C=O) groups is 2. The third-order valence-corrected chi connectivity index (χ3v) is 6.57. The van der Waals surface area contributed by atoms with Gasteiger partial charge in [0.1, 0.15) is 0 Å². The summed E-state index contributed by atoms with van der Waals surface area (Å²) in [4.78, 5) is 31.0. The van der Waals surface area contributed by atoms with Gasteiger partial charge in [0.25, 0.3) is 0 Å². The fourth-order valence-electron chi connectivity index (χ4n) is 4.68. The minimum absolute atomic E-state index is 0.0922. The van der Waals surface area contributed by atoms with Gasteiger partial charge < -0.3 is 9.80 Å². The summed E-state index contributed by atoms with van der Waals surface area (Å²) >= 11 is 0. The Morgan fingerprint density at radius 2 is 1.70 bits per heavy atom. The second-order valence-electron chi connectivity index (χ2n) is 8.48. The SMILES string of the molecule is CC(=O)c1ccc(N2CCN(CC(=O)N(C)C3CCCc4ccccc43)CC2)cc1. The molecule has 1 fully saturated rings. The fourth-order valence-corrected chi connectivity index (χ4v) is 4.68. The molecule has 2 aliphatic rings. The molecule has 0 aromatic heterocycles. The van der Waals surface area contributed by atoms with Gasteiger partial charge >= 0.3 is 0 Å². The maximum atomic E-state index is 13.0. The molecule has 1 unspecified atom stereocenters. The number of hydrogen-bond donors (Lipinski definition) is 0. The molecule has 0 saturated carbocycles. The van der Waals surface area contributed by atoms with E-state index in [4.69, 9.17) is 0 Å². The van der Waals surface area contributed by atoms with Gasteiger partial charge in [0, 0.05) is 44.5 Å². The van der Waals surface area contributed by atoms with E-state index in [-0.39, 0.29) is 17.7 Å². The number of anilines is 1. The molecule has 1 atom stereocenters. The molecule has 5 heteroatoms. The predicted molar refractivity (Wildman–Crippen MR) is 120 cm³/mol. The van der Waals surface area contributed by atoms with E-state index in [1.54, 1.807) is 6.92 Å². The van der Waals surface area contributed by atoms with Crippen molar-refractivity contribution in [3.8, 4) is 0 Å². The molecule has 1 aliphatic heterocycles. The first-order chi connectivity index (χ1) is 14.5. The molecule has 5 nitrogen and oxygen atoms in total. The molecular weight excluding hydrogens is 374 g/mol. The van der Waals surface area contributed by atoms with E-state index in [1.165, 1.54) is 11.1 Å². The second kappa shape index (κ2) is 9.00. The Morgan fingerprint density at radius 3 is 2.40 bits per heavy atom. The van der Waals surface area contributed by atoms with Crippen LogP contribution < -0.4 is 4.90 Å². The smallest absolute Gasteiger partial charge is 0.237 e. The number of Topliss-reactive ketones (excluding diaryl/α,β-unsaturated/α-hetero) is 1. The van der Waals surface area contributed by atoms with Crippen LogP contribution in [0.5, 0.6) is 0 Å². The Kier molecular flexibility index (Phi) is 6.18. The van der Waals surface area contributed by atoms with Crippen LogP contribution in [0, 0.1) is 0 Å². The first-order valence-corrected chi connectivity index (χ1v) is 10.9. The minimum Gasteiger partial charge on any atom is -0.369 e. The number of fused-ring (bicyclic) bond motifs is 1. The van der Waals surface area contributed by atoms with Crippen molar-refractivity contribution in [3.05, 3.63) is 65.2 Å². The van der Waals surface area contributed by atoms with Crippen LogP contribution in [0.3, 0.4) is 0 Å². The third kappa shape index (κ3) is 4.41. The summed E-state index contributed by atoms with van der Waals surface area (Å²) in [7, 11) is 1.96. The molecule has 2 aromatic carbocycles. The predicted octanol–water partition coefficient (Wildman–Crippen LogP) is 3.55. The van der Waals surface area contributed by atoms with Crippen LogP contribution >= 0.6 is 0 Å². The molecule has 1 saturated heterocycles. The molecule has 1 aliphatic carbocycles. The highest BCUT2D eigenvalue weighted by Crippen LogP contribution is 2.33. The van der Waals surface area contributed by atoms with Crippen LogP contribution in [-0.4, -0.2) is 61.3 Å². The number of rotatable bonds is 5. The van der Waals surface area contributed by atoms with Gasteiger partial charge in [-0.2, -0.15) is 0 Å². The molecule has 0 bridgehead atoms. The monoisotopic (exact) mass is 405 g/mol. The topological polar surface area (TPSA) is 43.9 Å². The van der Waals surface area contributed by atoms with Crippen molar-refractivity contribution in [1.82, 2.24) is 9.80 Å². The number of nitrogens with zero attached hydrogens (tertiary/aromatic N) is 3. The van der Waals surface area contributed by atoms with E-state index >= 15 is 0 Å². The highest BCUT2D eigenvalue weighted by atomic mass is 16.2. The molecule has 1 heterocycles. The Hall–Kier alpha value is -2.66. The van der Waals surface area contributed by atoms with Crippen LogP contribution in [-0.2, 0) is 11.2 Å². The summed E-state index contributed by atoms with van der Waals surface area (Å²) in [6, 6.07) is 16.6. The van der Waals surface area contributed by atoms with Crippen molar-refractivity contribution in [3.63, 3.8) is 0 Å². The van der Waals surface area contributed by atoms with Gasteiger partial charge in [0.15, 0.2) is 5.78 Å². The molecular formula is C25H31N3O2. The van der Waals surface area contributed by atoms with Gasteiger partial charge in [-0.05, 0) is 61.6 Å². The number of hydrogen-bond acceptors (Lipinski definition) is 4. The van der Waals surface area contributed by atoms with Gasteiger partial charge in [-0.25, -0.2) is 0 Å². The number of likely N-dealkylation sites (N-methyl/N-ethyl adjacent to an activating group) is 1. The van der Waals surface area contributed by atoms with Crippen LogP contribution in [0.1, 0.15) is 47.3 Å². The van der Waals surface area contributed by atoms with Crippen molar-refractivity contribution in [2.24, 2.45) is 0 Å². The molecule has 158 valence electrons. The zero-order valence-electron chi connectivity index (χ0n) is 18.0. The number of amides is 1. The van der Waals surface area contributed by atoms with Gasteiger partial charge in [0.05, 0.1) is 12.6 Å². The van der Waals surface area contributed by atoms with Gasteiger partial charge in [-0.1, -0.05) is 24.3 Å².